The number of amides is 3. The fourth-order valence-electron chi connectivity index (χ4n) is 4.84. The summed E-state index contributed by atoms with van der Waals surface area (Å²) in [4.78, 5) is 37.9. The van der Waals surface area contributed by atoms with Gasteiger partial charge in [0.2, 0.25) is 5.91 Å². The summed E-state index contributed by atoms with van der Waals surface area (Å²) in [6.45, 7) is 0. The molecule has 47 heavy (non-hydrogen) atoms. The highest BCUT2D eigenvalue weighted by atomic mass is 35.5. The second-order valence-electron chi connectivity index (χ2n) is 10.2. The van der Waals surface area contributed by atoms with E-state index in [0.29, 0.717) is 45.3 Å². The topological polar surface area (TPSA) is 174 Å². The molecule has 0 saturated carbocycles. The number of hydrogen-bond donors (Lipinski definition) is 5. The highest BCUT2D eigenvalue weighted by Gasteiger charge is 2.31. The summed E-state index contributed by atoms with van der Waals surface area (Å²) in [7, 11) is 4.36. The van der Waals surface area contributed by atoms with Crippen LogP contribution >= 0.6 is 11.6 Å². The van der Waals surface area contributed by atoms with Crippen molar-refractivity contribution in [3.63, 3.8) is 0 Å². The Bertz CT molecular complexity index is 1920. The quantitative estimate of drug-likeness (QED) is 0.150. The molecule has 0 bridgehead atoms. The summed E-state index contributed by atoms with van der Waals surface area (Å²) in [5.74, 6) is -0.587. The normalized spacial score (nSPS) is 14.4. The number of nitrogens with zero attached hydrogens (tertiary/aromatic N) is 1. The molecule has 0 radical (unpaired) electrons. The standard InChI is InChI=1S/C34H30ClN5O7/c1-45-27-13-10-20(33(43)37-21-11-8-18(9-12-21)32(36)42)15-26(27)39-40-30-22-7-5-4-6-19(22)14-23(31(30)41)34(44)38-25-16-24(35)28(46-2)17-29(25)47-3/h4-17,31,39,41H,1-3H3,(H2,36,42)(H,37,43)(H,38,44)/b40-30+. The van der Waals surface area contributed by atoms with Crippen LogP contribution < -0.4 is 36.0 Å². The molecule has 240 valence electrons. The molecule has 3 amide bonds. The zero-order valence-corrected chi connectivity index (χ0v) is 26.2. The largest absolute Gasteiger partial charge is 0.495 e. The Morgan fingerprint density at radius 1 is 0.787 bits per heavy atom. The van der Waals surface area contributed by atoms with Crippen molar-refractivity contribution in [2.45, 2.75) is 6.10 Å². The number of fused-ring (bicyclic) bond motifs is 1. The molecule has 5 rings (SSSR count). The minimum absolute atomic E-state index is 0.0145. The van der Waals surface area contributed by atoms with Gasteiger partial charge in [-0.1, -0.05) is 35.9 Å². The second-order valence-corrected chi connectivity index (χ2v) is 10.6. The van der Waals surface area contributed by atoms with Crippen molar-refractivity contribution in [2.75, 3.05) is 37.4 Å². The number of methoxy groups -OCH3 is 3. The molecule has 12 nitrogen and oxygen atoms in total. The lowest BCUT2D eigenvalue weighted by atomic mass is 9.88. The van der Waals surface area contributed by atoms with Gasteiger partial charge in [0.15, 0.2) is 0 Å². The minimum atomic E-state index is -1.45. The average Bonchev–Trinajstić information content (AvgIpc) is 3.07. The smallest absolute Gasteiger partial charge is 0.255 e. The number of nitrogens with one attached hydrogen (secondary N) is 3. The van der Waals surface area contributed by atoms with Gasteiger partial charge in [0.25, 0.3) is 11.8 Å². The highest BCUT2D eigenvalue weighted by Crippen LogP contribution is 2.37. The van der Waals surface area contributed by atoms with Crippen LogP contribution in [-0.2, 0) is 4.79 Å². The molecule has 4 aromatic rings. The van der Waals surface area contributed by atoms with Gasteiger partial charge in [-0.2, -0.15) is 5.10 Å². The van der Waals surface area contributed by atoms with E-state index in [1.807, 2.05) is 0 Å². The number of nitrogens with two attached hydrogens (primary N) is 1. The number of hydrazone groups is 1. The number of ether oxygens (including phenoxy) is 3. The van der Waals surface area contributed by atoms with Crippen LogP contribution in [0.5, 0.6) is 17.2 Å². The van der Waals surface area contributed by atoms with Crippen LogP contribution in [0.4, 0.5) is 17.1 Å². The molecule has 4 aromatic carbocycles. The molecule has 0 aromatic heterocycles. The van der Waals surface area contributed by atoms with Gasteiger partial charge >= 0.3 is 0 Å². The molecule has 0 fully saturated rings. The lowest BCUT2D eigenvalue weighted by Gasteiger charge is -2.24. The molecule has 0 aliphatic heterocycles. The van der Waals surface area contributed by atoms with Gasteiger partial charge in [-0.3, -0.25) is 19.8 Å². The van der Waals surface area contributed by atoms with Gasteiger partial charge in [0.05, 0.1) is 43.3 Å². The van der Waals surface area contributed by atoms with Gasteiger partial charge in [-0.15, -0.1) is 0 Å². The first-order valence-corrected chi connectivity index (χ1v) is 14.5. The average molecular weight is 656 g/mol. The molecule has 1 atom stereocenters. The molecule has 1 aliphatic carbocycles. The molecule has 0 heterocycles. The monoisotopic (exact) mass is 655 g/mol. The third-order valence-electron chi connectivity index (χ3n) is 7.27. The van der Waals surface area contributed by atoms with Gasteiger partial charge in [0.1, 0.15) is 29.1 Å². The van der Waals surface area contributed by atoms with E-state index in [2.05, 4.69) is 21.2 Å². The first-order chi connectivity index (χ1) is 22.6. The van der Waals surface area contributed by atoms with E-state index in [1.54, 1.807) is 54.6 Å². The summed E-state index contributed by atoms with van der Waals surface area (Å²) in [6, 6.07) is 21.0. The number of hydrogen-bond acceptors (Lipinski definition) is 9. The van der Waals surface area contributed by atoms with Gasteiger partial charge < -0.3 is 35.7 Å². The predicted molar refractivity (Wildman–Crippen MR) is 180 cm³/mol. The Morgan fingerprint density at radius 2 is 1.47 bits per heavy atom. The third kappa shape index (κ3) is 7.03. The van der Waals surface area contributed by atoms with Crippen LogP contribution in [0, 0.1) is 0 Å². The minimum Gasteiger partial charge on any atom is -0.495 e. The van der Waals surface area contributed by atoms with Crippen molar-refractivity contribution in [2.24, 2.45) is 10.8 Å². The molecule has 0 spiro atoms. The van der Waals surface area contributed by atoms with E-state index in [9.17, 15) is 19.5 Å². The Labute approximate surface area is 274 Å². The van der Waals surface area contributed by atoms with Crippen molar-refractivity contribution in [1.29, 1.82) is 0 Å². The molecule has 1 unspecified atom stereocenters. The molecule has 13 heteroatoms. The highest BCUT2D eigenvalue weighted by molar-refractivity contribution is 6.32. The van der Waals surface area contributed by atoms with E-state index >= 15 is 0 Å². The number of anilines is 3. The van der Waals surface area contributed by atoms with E-state index in [0.717, 1.165) is 0 Å². The lowest BCUT2D eigenvalue weighted by Crippen LogP contribution is -2.34. The van der Waals surface area contributed by atoms with Crippen LogP contribution in [-0.4, -0.2) is 56.0 Å². The van der Waals surface area contributed by atoms with E-state index in [-0.39, 0.29) is 27.6 Å². The van der Waals surface area contributed by atoms with E-state index < -0.39 is 23.8 Å². The predicted octanol–water partition coefficient (Wildman–Crippen LogP) is 4.93. The maximum Gasteiger partial charge on any atom is 0.255 e. The van der Waals surface area contributed by atoms with Gasteiger partial charge in [-0.25, -0.2) is 0 Å². The van der Waals surface area contributed by atoms with Crippen molar-refractivity contribution in [3.05, 3.63) is 112 Å². The number of carbonyl (C=O) groups is 3. The number of rotatable bonds is 10. The van der Waals surface area contributed by atoms with Crippen LogP contribution in [0.15, 0.2) is 89.5 Å². The molecule has 6 N–H and O–H groups in total. The summed E-state index contributed by atoms with van der Waals surface area (Å²) in [5.41, 5.74) is 11.2. The summed E-state index contributed by atoms with van der Waals surface area (Å²) in [5, 5.41) is 21.7. The molecule has 1 aliphatic rings. The number of aliphatic hydroxyl groups excluding tert-OH is 1. The molecular weight excluding hydrogens is 626 g/mol. The van der Waals surface area contributed by atoms with Gasteiger partial charge in [0, 0.05) is 28.4 Å². The number of benzene rings is 4. The number of halogens is 1. The van der Waals surface area contributed by atoms with Crippen molar-refractivity contribution < 1.29 is 33.7 Å². The number of primary amides is 1. The SMILES string of the molecule is COc1cc(OC)c(NC(=O)C2=Cc3ccccc3/C(=N\Nc3cc(C(=O)Nc4ccc(C(N)=O)cc4)ccc3OC)C2O)cc1Cl. The van der Waals surface area contributed by atoms with Crippen molar-refractivity contribution >= 4 is 58.2 Å². The maximum atomic E-state index is 13.5. The zero-order valence-electron chi connectivity index (χ0n) is 25.5. The Balaban J connectivity index is 1.42. The summed E-state index contributed by atoms with van der Waals surface area (Å²) in [6.07, 6.45) is 0.131. The summed E-state index contributed by atoms with van der Waals surface area (Å²) < 4.78 is 16.1. The maximum absolute atomic E-state index is 13.5. The van der Waals surface area contributed by atoms with Crippen molar-refractivity contribution in [1.82, 2.24) is 0 Å². The fraction of sp³-hybridized carbons (Fsp3) is 0.118. The zero-order chi connectivity index (χ0) is 33.7. The van der Waals surface area contributed by atoms with Crippen LogP contribution in [0.2, 0.25) is 5.02 Å². The first-order valence-electron chi connectivity index (χ1n) is 14.1. The van der Waals surface area contributed by atoms with Crippen LogP contribution in [0.25, 0.3) is 6.08 Å². The first kappa shape index (κ1) is 32.5. The van der Waals surface area contributed by atoms with Crippen LogP contribution in [0.1, 0.15) is 31.8 Å². The molecule has 0 saturated heterocycles. The van der Waals surface area contributed by atoms with E-state index in [1.165, 1.54) is 51.7 Å². The fourth-order valence-corrected chi connectivity index (χ4v) is 5.08. The third-order valence-corrected chi connectivity index (χ3v) is 7.57. The van der Waals surface area contributed by atoms with E-state index in [4.69, 9.17) is 31.5 Å². The van der Waals surface area contributed by atoms with Crippen LogP contribution in [0.3, 0.4) is 0 Å². The van der Waals surface area contributed by atoms with Gasteiger partial charge in [-0.05, 0) is 60.2 Å². The number of carbonyl (C=O) groups excluding carboxylic acids is 3. The Morgan fingerprint density at radius 3 is 2.15 bits per heavy atom. The second kappa shape index (κ2) is 14.1. The molecular formula is C34H30ClN5O7. The Kier molecular flexibility index (Phi) is 9.74. The lowest BCUT2D eigenvalue weighted by molar-refractivity contribution is -0.113. The summed E-state index contributed by atoms with van der Waals surface area (Å²) >= 11 is 6.28. The number of aliphatic hydroxyl groups is 1. The Hall–Kier alpha value is -5.85. The van der Waals surface area contributed by atoms with Crippen molar-refractivity contribution in [3.8, 4) is 17.2 Å².